The number of nitrogens with zero attached hydrogens (tertiary/aromatic N) is 7. The predicted octanol–water partition coefficient (Wildman–Crippen LogP) is 4.33. The van der Waals surface area contributed by atoms with Crippen molar-refractivity contribution in [2.75, 3.05) is 0 Å². The van der Waals surface area contributed by atoms with Gasteiger partial charge in [-0.15, -0.1) is 0 Å². The zero-order chi connectivity index (χ0) is 36.9. The molecule has 0 atom stereocenters. The highest BCUT2D eigenvalue weighted by atomic mass is 15.1. The monoisotopic (exact) mass is 715 g/mol. The average Bonchev–Trinajstić information content (AvgIpc) is 4.04. The van der Waals surface area contributed by atoms with Gasteiger partial charge in [0.2, 0.25) is 0 Å². The molecule has 1 aliphatic heterocycles. The Kier molecular flexibility index (Phi) is 8.33. The molecule has 0 amide bonds. The molecule has 0 spiro atoms. The third-order valence-corrected chi connectivity index (χ3v) is 10.7. The van der Waals surface area contributed by atoms with Crippen molar-refractivity contribution in [2.24, 2.45) is 0 Å². The van der Waals surface area contributed by atoms with Gasteiger partial charge < -0.3 is 38.2 Å². The number of hydrogen-bond acceptors (Lipinski definition) is 3. The summed E-state index contributed by atoms with van der Waals surface area (Å²) in [6, 6.07) is 19.7. The maximum Gasteiger partial charge on any atom is 0.144 e. The second-order valence-corrected chi connectivity index (χ2v) is 13.6. The Labute approximate surface area is 312 Å². The van der Waals surface area contributed by atoms with Gasteiger partial charge in [0.15, 0.2) is 0 Å². The lowest BCUT2D eigenvalue weighted by Crippen LogP contribution is -2.21. The minimum absolute atomic E-state index is 0.785. The summed E-state index contributed by atoms with van der Waals surface area (Å²) >= 11 is 0. The number of fused-ring (bicyclic) bond motifs is 8. The van der Waals surface area contributed by atoms with Gasteiger partial charge in [-0.25, -0.2) is 15.0 Å². The van der Waals surface area contributed by atoms with Gasteiger partial charge in [-0.1, -0.05) is 6.92 Å². The van der Waals surface area contributed by atoms with E-state index in [2.05, 4.69) is 134 Å². The van der Waals surface area contributed by atoms with E-state index in [-0.39, 0.29) is 0 Å². The van der Waals surface area contributed by atoms with Crippen molar-refractivity contribution in [3.63, 3.8) is 0 Å². The van der Waals surface area contributed by atoms with Crippen LogP contribution in [0.3, 0.4) is 0 Å². The Morgan fingerprint density at radius 1 is 0.407 bits per heavy atom. The average molecular weight is 716 g/mol. The summed E-state index contributed by atoms with van der Waals surface area (Å²) in [5.74, 6) is 2.65. The first-order valence-electron chi connectivity index (χ1n) is 19.0. The van der Waals surface area contributed by atoms with Crippen molar-refractivity contribution in [2.45, 2.75) is 67.2 Å². The van der Waals surface area contributed by atoms with Crippen LogP contribution in [0.2, 0.25) is 0 Å². The fourth-order valence-corrected chi connectivity index (χ4v) is 8.05. The van der Waals surface area contributed by atoms with Crippen LogP contribution in [0.5, 0.6) is 0 Å². The molecule has 0 fully saturated rings. The molecule has 0 saturated carbocycles. The topological polar surface area (TPSA) is 122 Å². The van der Waals surface area contributed by atoms with E-state index in [4.69, 9.17) is 15.0 Å². The smallest absolute Gasteiger partial charge is 0.144 e. The van der Waals surface area contributed by atoms with Crippen LogP contribution in [0, 0.1) is 0 Å². The lowest BCUT2D eigenvalue weighted by atomic mass is 10.0. The van der Waals surface area contributed by atoms with Gasteiger partial charge in [0.25, 0.3) is 0 Å². The van der Waals surface area contributed by atoms with Crippen LogP contribution >= 0.6 is 0 Å². The van der Waals surface area contributed by atoms with E-state index < -0.39 is 0 Å². The zero-order valence-electron chi connectivity index (χ0n) is 31.4. The van der Waals surface area contributed by atoms with E-state index in [0.29, 0.717) is 0 Å². The highest BCUT2D eigenvalue weighted by molar-refractivity contribution is 5.82. The molecule has 8 aromatic rings. The Morgan fingerprint density at radius 2 is 0.778 bits per heavy atom. The van der Waals surface area contributed by atoms with E-state index in [1.165, 1.54) is 11.3 Å². The van der Waals surface area contributed by atoms with Crippen LogP contribution in [-0.2, 0) is 32.6 Å². The molecule has 11 nitrogen and oxygen atoms in total. The fraction of sp³-hybridized carbons (Fsp3) is 0.233. The van der Waals surface area contributed by atoms with E-state index in [9.17, 15) is 0 Å². The maximum absolute atomic E-state index is 4.92. The lowest BCUT2D eigenvalue weighted by molar-refractivity contribution is 0.746. The number of rotatable bonds is 9. The molecule has 0 aliphatic carbocycles. The zero-order valence-corrected chi connectivity index (χ0v) is 31.4. The van der Waals surface area contributed by atoms with E-state index in [1.807, 2.05) is 37.2 Å². The van der Waals surface area contributed by atoms with Gasteiger partial charge in [-0.2, -0.15) is 0 Å². The third-order valence-electron chi connectivity index (χ3n) is 10.7. The first-order valence-corrected chi connectivity index (χ1v) is 19.0. The molecule has 1 aliphatic rings. The normalized spacial score (nSPS) is 13.1. The summed E-state index contributed by atoms with van der Waals surface area (Å²) in [7, 11) is 0. The Balaban J connectivity index is 1.46. The van der Waals surface area contributed by atoms with Gasteiger partial charge in [0.05, 0.1) is 66.6 Å². The Bertz CT molecular complexity index is 2860. The summed E-state index contributed by atoms with van der Waals surface area (Å²) in [6.45, 7) is 14.1. The fourth-order valence-electron chi connectivity index (χ4n) is 8.05. The van der Waals surface area contributed by atoms with Gasteiger partial charge in [-0.3, -0.25) is 0 Å². The molecule has 0 aromatic carbocycles. The van der Waals surface area contributed by atoms with Crippen molar-refractivity contribution < 1.29 is 0 Å². The van der Waals surface area contributed by atoms with E-state index >= 15 is 0 Å². The number of imidazole rings is 3. The summed E-state index contributed by atoms with van der Waals surface area (Å²) in [4.78, 5) is 30.3. The van der Waals surface area contributed by atoms with Crippen LogP contribution in [0.4, 0.5) is 0 Å². The highest BCUT2D eigenvalue weighted by Crippen LogP contribution is 2.29. The van der Waals surface area contributed by atoms with Gasteiger partial charge in [0, 0.05) is 75.1 Å². The number of aromatic nitrogens is 11. The van der Waals surface area contributed by atoms with E-state index in [0.717, 1.165) is 117 Å². The number of nitrogens with one attached hydrogen (secondary N) is 4. The largest absolute Gasteiger partial charge is 0.354 e. The highest BCUT2D eigenvalue weighted by Gasteiger charge is 2.23. The van der Waals surface area contributed by atoms with Crippen molar-refractivity contribution in [1.29, 1.82) is 0 Å². The number of aromatic amines is 4. The molecule has 8 aromatic heterocycles. The number of aryl methyl sites for hydroxylation is 5. The summed E-state index contributed by atoms with van der Waals surface area (Å²) in [5.41, 5.74) is 10.5. The molecular formula is C43H45N11. The van der Waals surface area contributed by atoms with Crippen molar-refractivity contribution >= 4 is 22.3 Å². The van der Waals surface area contributed by atoms with Crippen LogP contribution in [0.1, 0.15) is 86.1 Å². The van der Waals surface area contributed by atoms with E-state index in [1.54, 1.807) is 0 Å². The van der Waals surface area contributed by atoms with Gasteiger partial charge in [-0.05, 0) is 94.3 Å². The minimum atomic E-state index is 0.785. The molecular weight excluding hydrogens is 671 g/mol. The minimum Gasteiger partial charge on any atom is -0.354 e. The maximum atomic E-state index is 4.92. The van der Waals surface area contributed by atoms with Gasteiger partial charge >= 0.3 is 0 Å². The molecule has 272 valence electrons. The standard InChI is InChI=1S/C43H45N11/c1-6-27-19-23-51(7-2)40(27)36-28-11-13-30(47-28)37(41-44-20-24-52(41)8-3)32-15-17-34(49-32)39(43-46-22-26-54(43)10-5)35-18-16-33(50-35)38(31-14-12-29(36)48-31)42-45-21-25-53(42)9-4/h11-26,47-50H,6-10H2,1-5H3. The second-order valence-electron chi connectivity index (χ2n) is 13.6. The summed E-state index contributed by atoms with van der Waals surface area (Å²) in [5, 5.41) is 3.89. The molecule has 9 rings (SSSR count). The lowest BCUT2D eigenvalue weighted by Gasteiger charge is -2.13. The third kappa shape index (κ3) is 5.29. The van der Waals surface area contributed by atoms with Crippen LogP contribution < -0.4 is 21.4 Å². The summed E-state index contributed by atoms with van der Waals surface area (Å²) in [6.07, 6.45) is 14.9. The molecule has 0 unspecified atom stereocenters. The second kappa shape index (κ2) is 13.5. The number of H-pyrrole nitrogens is 4. The first kappa shape index (κ1) is 33.4. The van der Waals surface area contributed by atoms with Crippen molar-refractivity contribution in [1.82, 2.24) is 53.2 Å². The molecule has 0 radical (unpaired) electrons. The molecule has 54 heavy (non-hydrogen) atoms. The SMILES string of the molecule is CCc1ccn(CC)c1C1=c2ccc([nH]2)=C(c2nccn2CC)c2ccc([nH]2)C(c2nccn2CC)=c2ccc([nH]2)=C(c2nccn2CC)c2ccc1[nH]2. The molecule has 8 bridgehead atoms. The summed E-state index contributed by atoms with van der Waals surface area (Å²) < 4.78 is 8.91. The van der Waals surface area contributed by atoms with Crippen molar-refractivity contribution in [3.8, 4) is 0 Å². The van der Waals surface area contributed by atoms with Gasteiger partial charge in [0.1, 0.15) is 17.5 Å². The Hall–Kier alpha value is -6.49. The van der Waals surface area contributed by atoms with Crippen molar-refractivity contribution in [3.05, 3.63) is 171 Å². The van der Waals surface area contributed by atoms with Crippen LogP contribution in [0.15, 0.2) is 98.0 Å². The van der Waals surface area contributed by atoms with Crippen LogP contribution in [-0.4, -0.2) is 53.2 Å². The predicted molar refractivity (Wildman–Crippen MR) is 211 cm³/mol. The number of hydrogen-bond donors (Lipinski definition) is 4. The molecule has 0 saturated heterocycles. The van der Waals surface area contributed by atoms with Crippen LogP contribution in [0.25, 0.3) is 22.3 Å². The molecule has 9 heterocycles. The first-order chi connectivity index (χ1) is 26.5. The molecule has 11 heteroatoms. The molecule has 4 N–H and O–H groups in total. The quantitative estimate of drug-likeness (QED) is 0.178. The Morgan fingerprint density at radius 3 is 1.15 bits per heavy atom.